The number of allylic oxidation sites excluding steroid dienone is 1. The molecular formula is C45H58N4O8. The average Bonchev–Trinajstić information content (AvgIpc) is 3.51. The quantitative estimate of drug-likeness (QED) is 0.164. The molecule has 1 heterocycles. The van der Waals surface area contributed by atoms with Gasteiger partial charge in [0.1, 0.15) is 17.7 Å². The Bertz CT molecular complexity index is 1860. The van der Waals surface area contributed by atoms with Gasteiger partial charge in [-0.3, -0.25) is 28.8 Å². The summed E-state index contributed by atoms with van der Waals surface area (Å²) in [4.78, 5) is 98.3. The SMILES string of the molecule is C=CCCC(CC(=O)[C@@H]1[C@@H]2[C@H](CN1C(=O)[C@@H](NC(=O)OC(C)(C)C)C1Cc3ccccc3C1)C2(C)C)C(=O)C(=O)CCC(=O)N[C@H](C(=O)N(C)C)c1ccccc1. The van der Waals surface area contributed by atoms with Crippen LogP contribution in [0.15, 0.2) is 67.3 Å². The Labute approximate surface area is 336 Å². The van der Waals surface area contributed by atoms with E-state index in [0.717, 1.165) is 11.1 Å². The van der Waals surface area contributed by atoms with Gasteiger partial charge in [0.15, 0.2) is 11.6 Å². The van der Waals surface area contributed by atoms with Gasteiger partial charge in [-0.15, -0.1) is 6.58 Å². The Kier molecular flexibility index (Phi) is 13.3. The van der Waals surface area contributed by atoms with Gasteiger partial charge in [0.2, 0.25) is 23.5 Å². The number of rotatable bonds is 17. The van der Waals surface area contributed by atoms with Crippen molar-refractivity contribution < 1.29 is 38.3 Å². The topological polar surface area (TPSA) is 159 Å². The minimum Gasteiger partial charge on any atom is -0.444 e. The van der Waals surface area contributed by atoms with Crippen molar-refractivity contribution in [3.05, 3.63) is 83.9 Å². The Morgan fingerprint density at radius 1 is 0.930 bits per heavy atom. The van der Waals surface area contributed by atoms with Crippen molar-refractivity contribution in [3.63, 3.8) is 0 Å². The molecule has 2 aliphatic carbocycles. The Morgan fingerprint density at radius 3 is 2.12 bits per heavy atom. The van der Waals surface area contributed by atoms with E-state index in [9.17, 15) is 33.6 Å². The zero-order valence-corrected chi connectivity index (χ0v) is 34.3. The maximum absolute atomic E-state index is 14.7. The molecule has 2 aromatic carbocycles. The number of amides is 4. The standard InChI is InChI=1S/C45H58N4O8/c1-9-10-16-30(40(53)33(50)21-22-35(52)46-37(41(54)48(7)8)27-17-12-11-13-18-27)25-34(51)39-36-32(45(36,5)6)26-49(39)42(55)38(47-43(56)57-44(2,3)4)31-23-28-19-14-15-20-29(28)24-31/h9,11-15,17-20,30-32,36-39H,1,10,16,21-26H2,2-8H3,(H,46,52)(H,47,56)/t30?,32-,36-,37-,38-,39+/m0/s1. The van der Waals surface area contributed by atoms with Gasteiger partial charge < -0.3 is 25.2 Å². The summed E-state index contributed by atoms with van der Waals surface area (Å²) >= 11 is 0. The van der Waals surface area contributed by atoms with Crippen LogP contribution in [0.4, 0.5) is 4.79 Å². The molecule has 1 saturated carbocycles. The molecule has 57 heavy (non-hydrogen) atoms. The average molecular weight is 783 g/mol. The molecule has 1 unspecified atom stereocenters. The van der Waals surface area contributed by atoms with Gasteiger partial charge in [0, 0.05) is 45.8 Å². The molecule has 1 saturated heterocycles. The molecule has 0 aromatic heterocycles. The van der Waals surface area contributed by atoms with E-state index in [0.29, 0.717) is 31.4 Å². The second kappa shape index (κ2) is 17.6. The number of hydrogen-bond donors (Lipinski definition) is 2. The van der Waals surface area contributed by atoms with Crippen LogP contribution in [-0.2, 0) is 46.3 Å². The number of alkyl carbamates (subject to hydrolysis) is 1. The molecular weight excluding hydrogens is 725 g/mol. The number of benzene rings is 2. The fraction of sp³-hybridized carbons (Fsp3) is 0.533. The largest absolute Gasteiger partial charge is 0.444 e. The minimum atomic E-state index is -0.976. The lowest BCUT2D eigenvalue weighted by Gasteiger charge is -2.35. The number of ketones is 3. The zero-order valence-electron chi connectivity index (χ0n) is 34.3. The Morgan fingerprint density at radius 2 is 1.54 bits per heavy atom. The fourth-order valence-corrected chi connectivity index (χ4v) is 8.72. The van der Waals surface area contributed by atoms with Crippen LogP contribution in [0.5, 0.6) is 0 Å². The number of ether oxygens (including phenoxy) is 1. The predicted octanol–water partition coefficient (Wildman–Crippen LogP) is 5.18. The molecule has 2 aromatic rings. The van der Waals surface area contributed by atoms with Crippen molar-refractivity contribution >= 4 is 41.2 Å². The molecule has 306 valence electrons. The molecule has 3 aliphatic rings. The summed E-state index contributed by atoms with van der Waals surface area (Å²) in [5.74, 6) is -4.45. The highest BCUT2D eigenvalue weighted by atomic mass is 16.6. The highest BCUT2D eigenvalue weighted by molar-refractivity contribution is 6.38. The molecule has 0 spiro atoms. The summed E-state index contributed by atoms with van der Waals surface area (Å²) in [6, 6.07) is 13.9. The molecule has 6 atom stereocenters. The summed E-state index contributed by atoms with van der Waals surface area (Å²) in [5.41, 5.74) is 1.78. The third kappa shape index (κ3) is 10.1. The van der Waals surface area contributed by atoms with E-state index < -0.39 is 59.6 Å². The molecule has 2 fully saturated rings. The highest BCUT2D eigenvalue weighted by Crippen LogP contribution is 2.65. The molecule has 1 aliphatic heterocycles. The lowest BCUT2D eigenvalue weighted by atomic mass is 9.85. The number of nitrogens with zero attached hydrogens (tertiary/aromatic N) is 2. The van der Waals surface area contributed by atoms with Crippen LogP contribution in [0.25, 0.3) is 0 Å². The first kappa shape index (κ1) is 43.0. The minimum absolute atomic E-state index is 0.0555. The maximum Gasteiger partial charge on any atom is 0.408 e. The van der Waals surface area contributed by atoms with Crippen LogP contribution >= 0.6 is 0 Å². The number of piperidine rings is 1. The number of Topliss-reactive ketones (excluding diaryl/α,β-unsaturated/α-hetero) is 3. The smallest absolute Gasteiger partial charge is 0.408 e. The molecule has 5 rings (SSSR count). The molecule has 4 amide bonds. The molecule has 12 heteroatoms. The summed E-state index contributed by atoms with van der Waals surface area (Å²) in [6.45, 7) is 13.5. The lowest BCUT2D eigenvalue weighted by Crippen LogP contribution is -2.57. The van der Waals surface area contributed by atoms with Gasteiger partial charge in [0.25, 0.3) is 0 Å². The number of likely N-dealkylation sites (tertiary alicyclic amines) is 1. The van der Waals surface area contributed by atoms with Crippen LogP contribution < -0.4 is 10.6 Å². The monoisotopic (exact) mass is 782 g/mol. The first-order chi connectivity index (χ1) is 26.8. The normalized spacial score (nSPS) is 20.9. The van der Waals surface area contributed by atoms with Gasteiger partial charge in [-0.2, -0.15) is 0 Å². The zero-order chi connectivity index (χ0) is 41.8. The Balaban J connectivity index is 1.30. The van der Waals surface area contributed by atoms with E-state index in [4.69, 9.17) is 4.74 Å². The van der Waals surface area contributed by atoms with Gasteiger partial charge in [-0.05, 0) is 86.3 Å². The number of fused-ring (bicyclic) bond motifs is 2. The van der Waals surface area contributed by atoms with E-state index in [1.54, 1.807) is 76.2 Å². The van der Waals surface area contributed by atoms with Crippen LogP contribution in [0.3, 0.4) is 0 Å². The first-order valence-corrected chi connectivity index (χ1v) is 20.0. The van der Waals surface area contributed by atoms with Crippen LogP contribution in [0.1, 0.15) is 89.5 Å². The second-order valence-corrected chi connectivity index (χ2v) is 17.6. The van der Waals surface area contributed by atoms with Gasteiger partial charge in [-0.25, -0.2) is 4.79 Å². The second-order valence-electron chi connectivity index (χ2n) is 17.6. The van der Waals surface area contributed by atoms with Crippen molar-refractivity contribution in [1.29, 1.82) is 0 Å². The van der Waals surface area contributed by atoms with E-state index in [-0.39, 0.29) is 60.0 Å². The summed E-state index contributed by atoms with van der Waals surface area (Å²) < 4.78 is 5.58. The van der Waals surface area contributed by atoms with Gasteiger partial charge in [0.05, 0.1) is 6.04 Å². The number of hydrogen-bond acceptors (Lipinski definition) is 8. The third-order valence-corrected chi connectivity index (χ3v) is 11.8. The van der Waals surface area contributed by atoms with Gasteiger partial charge in [-0.1, -0.05) is 74.5 Å². The van der Waals surface area contributed by atoms with Crippen LogP contribution in [0, 0.1) is 29.1 Å². The summed E-state index contributed by atoms with van der Waals surface area (Å²) in [5, 5.41) is 5.57. The third-order valence-electron chi connectivity index (χ3n) is 11.8. The number of carbonyl (C=O) groups is 7. The van der Waals surface area contributed by atoms with Crippen molar-refractivity contribution in [3.8, 4) is 0 Å². The Hall–Kier alpha value is -5.13. The van der Waals surface area contributed by atoms with E-state index in [1.165, 1.54) is 4.90 Å². The molecule has 0 bridgehead atoms. The maximum atomic E-state index is 14.7. The van der Waals surface area contributed by atoms with E-state index in [2.05, 4.69) is 31.1 Å². The van der Waals surface area contributed by atoms with Gasteiger partial charge >= 0.3 is 6.09 Å². The lowest BCUT2D eigenvalue weighted by molar-refractivity contribution is -0.144. The highest BCUT2D eigenvalue weighted by Gasteiger charge is 2.69. The number of nitrogens with one attached hydrogen (secondary N) is 2. The predicted molar refractivity (Wildman–Crippen MR) is 215 cm³/mol. The van der Waals surface area contributed by atoms with Crippen LogP contribution in [0.2, 0.25) is 0 Å². The van der Waals surface area contributed by atoms with Crippen molar-refractivity contribution in [1.82, 2.24) is 20.4 Å². The van der Waals surface area contributed by atoms with Crippen molar-refractivity contribution in [2.24, 2.45) is 29.1 Å². The fourth-order valence-electron chi connectivity index (χ4n) is 8.72. The summed E-state index contributed by atoms with van der Waals surface area (Å²) in [7, 11) is 3.16. The van der Waals surface area contributed by atoms with E-state index >= 15 is 0 Å². The number of likely N-dealkylation sites (N-methyl/N-ethyl adjacent to an activating group) is 1. The molecule has 0 radical (unpaired) electrons. The van der Waals surface area contributed by atoms with Crippen molar-refractivity contribution in [2.75, 3.05) is 20.6 Å². The molecule has 12 nitrogen and oxygen atoms in total. The van der Waals surface area contributed by atoms with E-state index in [1.807, 2.05) is 24.3 Å². The van der Waals surface area contributed by atoms with Crippen LogP contribution in [-0.4, -0.2) is 89.3 Å². The number of carbonyl (C=O) groups excluding carboxylic acids is 7. The molecule has 2 N–H and O–H groups in total. The summed E-state index contributed by atoms with van der Waals surface area (Å²) in [6.07, 6.45) is 1.64. The first-order valence-electron chi connectivity index (χ1n) is 20.0. The van der Waals surface area contributed by atoms with Crippen molar-refractivity contribution in [2.45, 2.75) is 103 Å².